The molecule has 3 rings (SSSR count). The number of carboxylic acid groups (broad SMARTS) is 1. The second kappa shape index (κ2) is 5.53. The number of carboxylic acids is 1. The fourth-order valence-electron chi connectivity index (χ4n) is 3.09. The Hall–Kier alpha value is -2.63. The van der Waals surface area contributed by atoms with Gasteiger partial charge in [0.25, 0.3) is 0 Å². The van der Waals surface area contributed by atoms with Crippen molar-refractivity contribution in [3.63, 3.8) is 0 Å². The molecule has 0 bridgehead atoms. The fraction of sp³-hybridized carbons (Fsp3) is 0.353. The van der Waals surface area contributed by atoms with Gasteiger partial charge in [-0.05, 0) is 11.0 Å². The maximum absolute atomic E-state index is 12.3. The van der Waals surface area contributed by atoms with Gasteiger partial charge in [0.05, 0.1) is 30.3 Å². The number of hydrogen-bond acceptors (Lipinski definition) is 3. The van der Waals surface area contributed by atoms with Gasteiger partial charge in [-0.3, -0.25) is 14.3 Å². The predicted octanol–water partition coefficient (Wildman–Crippen LogP) is 2.23. The zero-order chi connectivity index (χ0) is 16.6. The van der Waals surface area contributed by atoms with Gasteiger partial charge < -0.3 is 10.4 Å². The van der Waals surface area contributed by atoms with Crippen molar-refractivity contribution in [2.45, 2.75) is 20.4 Å². The summed E-state index contributed by atoms with van der Waals surface area (Å²) in [7, 11) is 0. The highest BCUT2D eigenvalue weighted by Crippen LogP contribution is 2.58. The predicted molar refractivity (Wildman–Crippen MR) is 84.8 cm³/mol. The normalized spacial score (nSPS) is 21.7. The summed E-state index contributed by atoms with van der Waals surface area (Å²) in [5.74, 6) is -2.31. The molecule has 0 aliphatic heterocycles. The number of hydrogen-bond donors (Lipinski definition) is 2. The molecule has 1 aromatic heterocycles. The van der Waals surface area contributed by atoms with Crippen LogP contribution in [0.2, 0.25) is 0 Å². The Bertz CT molecular complexity index is 737. The average molecular weight is 313 g/mol. The van der Waals surface area contributed by atoms with Gasteiger partial charge in [-0.15, -0.1) is 0 Å². The van der Waals surface area contributed by atoms with Crippen LogP contribution in [0.1, 0.15) is 19.4 Å². The lowest BCUT2D eigenvalue weighted by Crippen LogP contribution is -2.17. The summed E-state index contributed by atoms with van der Waals surface area (Å²) in [4.78, 5) is 23.4. The summed E-state index contributed by atoms with van der Waals surface area (Å²) < 4.78 is 1.73. The number of carbonyl (C=O) groups is 2. The monoisotopic (exact) mass is 313 g/mol. The molecule has 1 fully saturated rings. The van der Waals surface area contributed by atoms with Crippen molar-refractivity contribution in [1.29, 1.82) is 0 Å². The second-order valence-electron chi connectivity index (χ2n) is 6.52. The molecule has 23 heavy (non-hydrogen) atoms. The number of nitrogens with one attached hydrogen (secondary N) is 1. The summed E-state index contributed by atoms with van der Waals surface area (Å²) in [6.07, 6.45) is 3.32. The molecule has 120 valence electrons. The molecule has 1 aliphatic rings. The third-order valence-electron chi connectivity index (χ3n) is 4.46. The largest absolute Gasteiger partial charge is 0.481 e. The number of aromatic nitrogens is 2. The number of rotatable bonds is 5. The molecule has 1 amide bonds. The van der Waals surface area contributed by atoms with Crippen LogP contribution in [0, 0.1) is 17.3 Å². The number of amides is 1. The van der Waals surface area contributed by atoms with Crippen molar-refractivity contribution >= 4 is 17.6 Å². The molecule has 0 saturated heterocycles. The number of anilines is 1. The minimum atomic E-state index is -0.921. The molecular weight excluding hydrogens is 294 g/mol. The van der Waals surface area contributed by atoms with E-state index in [0.29, 0.717) is 12.2 Å². The first-order chi connectivity index (χ1) is 10.9. The summed E-state index contributed by atoms with van der Waals surface area (Å²) in [5, 5.41) is 16.1. The van der Waals surface area contributed by atoms with E-state index in [1.165, 1.54) is 0 Å². The number of carbonyl (C=O) groups excluding carboxylic acids is 1. The SMILES string of the molecule is CC1(C)[C@H](C(=O)Nc2cnn(Cc3ccccc3)c2)[C@@H]1C(=O)O. The third kappa shape index (κ3) is 2.97. The fourth-order valence-corrected chi connectivity index (χ4v) is 3.09. The molecule has 1 aromatic carbocycles. The lowest BCUT2D eigenvalue weighted by atomic mass is 10.1. The van der Waals surface area contributed by atoms with E-state index in [1.54, 1.807) is 30.9 Å². The van der Waals surface area contributed by atoms with E-state index in [1.807, 2.05) is 30.3 Å². The molecule has 6 heteroatoms. The van der Waals surface area contributed by atoms with E-state index >= 15 is 0 Å². The Morgan fingerprint density at radius 1 is 1.26 bits per heavy atom. The van der Waals surface area contributed by atoms with Crippen molar-refractivity contribution in [2.24, 2.45) is 17.3 Å². The van der Waals surface area contributed by atoms with Gasteiger partial charge in [-0.1, -0.05) is 44.2 Å². The lowest BCUT2D eigenvalue weighted by molar-refractivity contribution is -0.140. The van der Waals surface area contributed by atoms with Crippen molar-refractivity contribution < 1.29 is 14.7 Å². The maximum Gasteiger partial charge on any atom is 0.307 e. The van der Waals surface area contributed by atoms with E-state index in [2.05, 4.69) is 10.4 Å². The van der Waals surface area contributed by atoms with Crippen LogP contribution in [0.4, 0.5) is 5.69 Å². The first-order valence-corrected chi connectivity index (χ1v) is 7.49. The highest BCUT2D eigenvalue weighted by molar-refractivity contribution is 5.99. The molecule has 0 unspecified atom stereocenters. The topological polar surface area (TPSA) is 84.2 Å². The van der Waals surface area contributed by atoms with Crippen LogP contribution in [-0.4, -0.2) is 26.8 Å². The zero-order valence-electron chi connectivity index (χ0n) is 13.1. The van der Waals surface area contributed by atoms with E-state index < -0.39 is 23.2 Å². The number of aliphatic carboxylic acids is 1. The van der Waals surface area contributed by atoms with Crippen molar-refractivity contribution in [1.82, 2.24) is 9.78 Å². The molecule has 6 nitrogen and oxygen atoms in total. The van der Waals surface area contributed by atoms with Gasteiger partial charge in [-0.2, -0.15) is 5.10 Å². The Kier molecular flexibility index (Phi) is 3.67. The molecule has 2 N–H and O–H groups in total. The Morgan fingerprint density at radius 2 is 1.96 bits per heavy atom. The molecule has 0 radical (unpaired) electrons. The number of benzene rings is 1. The molecule has 1 aliphatic carbocycles. The van der Waals surface area contributed by atoms with E-state index in [9.17, 15) is 9.59 Å². The van der Waals surface area contributed by atoms with Crippen LogP contribution < -0.4 is 5.32 Å². The van der Waals surface area contributed by atoms with Crippen molar-refractivity contribution in [3.8, 4) is 0 Å². The highest BCUT2D eigenvalue weighted by atomic mass is 16.4. The molecule has 2 aromatic rings. The summed E-state index contributed by atoms with van der Waals surface area (Å²) >= 11 is 0. The van der Waals surface area contributed by atoms with Crippen LogP contribution in [0.5, 0.6) is 0 Å². The van der Waals surface area contributed by atoms with Gasteiger partial charge in [0.2, 0.25) is 5.91 Å². The molecule has 0 spiro atoms. The van der Waals surface area contributed by atoms with Crippen molar-refractivity contribution in [2.75, 3.05) is 5.32 Å². The first kappa shape index (κ1) is 15.3. The minimum Gasteiger partial charge on any atom is -0.481 e. The smallest absolute Gasteiger partial charge is 0.307 e. The maximum atomic E-state index is 12.3. The highest BCUT2D eigenvalue weighted by Gasteiger charge is 2.65. The molecule has 1 saturated carbocycles. The van der Waals surface area contributed by atoms with Crippen LogP contribution >= 0.6 is 0 Å². The van der Waals surface area contributed by atoms with E-state index in [0.717, 1.165) is 5.56 Å². The molecule has 2 atom stereocenters. The zero-order valence-corrected chi connectivity index (χ0v) is 13.1. The quantitative estimate of drug-likeness (QED) is 0.886. The van der Waals surface area contributed by atoms with Crippen LogP contribution in [0.15, 0.2) is 42.7 Å². The third-order valence-corrected chi connectivity index (χ3v) is 4.46. The lowest BCUT2D eigenvalue weighted by Gasteiger charge is -2.03. The van der Waals surface area contributed by atoms with E-state index in [-0.39, 0.29) is 5.91 Å². The Balaban J connectivity index is 1.64. The minimum absolute atomic E-state index is 0.262. The summed E-state index contributed by atoms with van der Waals surface area (Å²) in [6, 6.07) is 9.88. The van der Waals surface area contributed by atoms with Gasteiger partial charge in [0.15, 0.2) is 0 Å². The van der Waals surface area contributed by atoms with Crippen LogP contribution in [0.3, 0.4) is 0 Å². The Labute approximate surface area is 134 Å². The van der Waals surface area contributed by atoms with Crippen molar-refractivity contribution in [3.05, 3.63) is 48.3 Å². The van der Waals surface area contributed by atoms with Gasteiger partial charge in [-0.25, -0.2) is 0 Å². The number of nitrogens with zero attached hydrogens (tertiary/aromatic N) is 2. The van der Waals surface area contributed by atoms with Crippen LogP contribution in [-0.2, 0) is 16.1 Å². The Morgan fingerprint density at radius 3 is 2.57 bits per heavy atom. The molecular formula is C17H19N3O3. The van der Waals surface area contributed by atoms with Gasteiger partial charge in [0, 0.05) is 6.20 Å². The first-order valence-electron chi connectivity index (χ1n) is 7.49. The summed E-state index contributed by atoms with van der Waals surface area (Å²) in [6.45, 7) is 4.22. The summed E-state index contributed by atoms with van der Waals surface area (Å²) in [5.41, 5.74) is 1.19. The second-order valence-corrected chi connectivity index (χ2v) is 6.52. The van der Waals surface area contributed by atoms with Crippen LogP contribution in [0.25, 0.3) is 0 Å². The van der Waals surface area contributed by atoms with Gasteiger partial charge >= 0.3 is 5.97 Å². The molecule has 1 heterocycles. The standard InChI is InChI=1S/C17H19N3O3/c1-17(2)13(14(17)16(22)23)15(21)19-12-8-18-20(10-12)9-11-6-4-3-5-7-11/h3-8,10,13-14H,9H2,1-2H3,(H,19,21)(H,22,23)/t13-,14+/m0/s1. The van der Waals surface area contributed by atoms with Gasteiger partial charge in [0.1, 0.15) is 0 Å². The van der Waals surface area contributed by atoms with E-state index in [4.69, 9.17) is 5.11 Å². The average Bonchev–Trinajstić information content (AvgIpc) is 2.84.